The van der Waals surface area contributed by atoms with E-state index in [4.69, 9.17) is 4.74 Å². The molecule has 0 saturated heterocycles. The number of ether oxygens (including phenoxy) is 2. The molecule has 158 valence electrons. The van der Waals surface area contributed by atoms with Crippen LogP contribution in [-0.4, -0.2) is 19.8 Å². The van der Waals surface area contributed by atoms with Crippen LogP contribution in [0.25, 0.3) is 0 Å². The Morgan fingerprint density at radius 2 is 1.73 bits per heavy atom. The first-order chi connectivity index (χ1) is 14.2. The van der Waals surface area contributed by atoms with Gasteiger partial charge in [0, 0.05) is 12.7 Å². The second-order valence-electron chi connectivity index (χ2n) is 6.08. The largest absolute Gasteiger partial charge is 0.573 e. The number of sulfonamides is 1. The molecule has 0 aliphatic carbocycles. The highest BCUT2D eigenvalue weighted by Gasteiger charge is 2.33. The van der Waals surface area contributed by atoms with Crippen LogP contribution in [0.4, 0.5) is 13.2 Å². The molecule has 0 fully saturated rings. The summed E-state index contributed by atoms with van der Waals surface area (Å²) in [6.45, 7) is 0.0850. The zero-order valence-electron chi connectivity index (χ0n) is 15.5. The van der Waals surface area contributed by atoms with Crippen LogP contribution in [0.5, 0.6) is 11.5 Å². The smallest absolute Gasteiger partial charge is 0.487 e. The van der Waals surface area contributed by atoms with Crippen LogP contribution in [0, 0.1) is 0 Å². The summed E-state index contributed by atoms with van der Waals surface area (Å²) in [7, 11) is -4.26. The van der Waals surface area contributed by atoms with E-state index in [1.165, 1.54) is 12.1 Å². The molecule has 1 aromatic heterocycles. The molecule has 30 heavy (non-hydrogen) atoms. The lowest BCUT2D eigenvalue weighted by Gasteiger charge is -2.14. The minimum atomic E-state index is -5.01. The first-order valence-electron chi connectivity index (χ1n) is 8.69. The van der Waals surface area contributed by atoms with E-state index in [0.717, 1.165) is 17.8 Å². The van der Waals surface area contributed by atoms with Gasteiger partial charge in [0.1, 0.15) is 23.0 Å². The molecule has 2 aromatic carbocycles. The van der Waals surface area contributed by atoms with Crippen molar-refractivity contribution in [3.8, 4) is 11.5 Å². The number of nitrogens with zero attached hydrogens (tertiary/aromatic N) is 1. The molecule has 0 amide bonds. The van der Waals surface area contributed by atoms with E-state index in [2.05, 4.69) is 14.4 Å². The number of hydrogen-bond acceptors (Lipinski definition) is 5. The van der Waals surface area contributed by atoms with Gasteiger partial charge in [-0.1, -0.05) is 30.3 Å². The molecule has 3 aromatic rings. The maximum atomic E-state index is 12.5. The van der Waals surface area contributed by atoms with Gasteiger partial charge < -0.3 is 9.47 Å². The van der Waals surface area contributed by atoms with Gasteiger partial charge in [0.15, 0.2) is 0 Å². The molecule has 0 saturated carbocycles. The van der Waals surface area contributed by atoms with Crippen molar-refractivity contribution in [2.75, 3.05) is 0 Å². The number of aromatic nitrogens is 1. The average Bonchev–Trinajstić information content (AvgIpc) is 2.71. The summed E-state index contributed by atoms with van der Waals surface area (Å²) >= 11 is 0. The number of alkyl halides is 3. The van der Waals surface area contributed by atoms with E-state index in [-0.39, 0.29) is 13.2 Å². The van der Waals surface area contributed by atoms with Gasteiger partial charge in [0.2, 0.25) is 10.0 Å². The first kappa shape index (κ1) is 21.6. The number of rotatable bonds is 8. The standard InChI is InChI=1S/C20H17F3N2O4S/c21-20(22,23)29-18-9-1-2-10-19(18)30(26,27)25-13-15-6-5-8-17(12-15)28-14-16-7-3-4-11-24-16/h1-12,25H,13-14H2. The quantitative estimate of drug-likeness (QED) is 0.575. The third-order valence-corrected chi connectivity index (χ3v) is 5.28. The van der Waals surface area contributed by atoms with Gasteiger partial charge in [-0.25, -0.2) is 13.1 Å². The molecule has 6 nitrogen and oxygen atoms in total. The van der Waals surface area contributed by atoms with Gasteiger partial charge in [-0.2, -0.15) is 0 Å². The fraction of sp³-hybridized carbons (Fsp3) is 0.150. The highest BCUT2D eigenvalue weighted by atomic mass is 32.2. The molecule has 0 bridgehead atoms. The third kappa shape index (κ3) is 6.19. The van der Waals surface area contributed by atoms with Gasteiger partial charge in [-0.05, 0) is 42.0 Å². The lowest BCUT2D eigenvalue weighted by atomic mass is 10.2. The van der Waals surface area contributed by atoms with Crippen LogP contribution < -0.4 is 14.2 Å². The summed E-state index contributed by atoms with van der Waals surface area (Å²) in [6.07, 6.45) is -3.37. The zero-order chi connectivity index (χ0) is 21.6. The molecule has 1 heterocycles. The summed E-state index contributed by atoms with van der Waals surface area (Å²) in [5, 5.41) is 0. The summed E-state index contributed by atoms with van der Waals surface area (Å²) in [6, 6.07) is 16.6. The lowest BCUT2D eigenvalue weighted by molar-refractivity contribution is -0.275. The van der Waals surface area contributed by atoms with Crippen molar-refractivity contribution in [3.63, 3.8) is 0 Å². The van der Waals surface area contributed by atoms with Crippen LogP contribution in [0.1, 0.15) is 11.3 Å². The van der Waals surface area contributed by atoms with Crippen molar-refractivity contribution in [2.45, 2.75) is 24.4 Å². The van der Waals surface area contributed by atoms with E-state index in [9.17, 15) is 21.6 Å². The highest BCUT2D eigenvalue weighted by molar-refractivity contribution is 7.89. The topological polar surface area (TPSA) is 77.5 Å². The predicted molar refractivity (Wildman–Crippen MR) is 102 cm³/mol. The summed E-state index contributed by atoms with van der Waals surface area (Å²) in [5.41, 5.74) is 1.29. The molecule has 3 rings (SSSR count). The van der Waals surface area contributed by atoms with E-state index in [0.29, 0.717) is 11.3 Å². The summed E-state index contributed by atoms with van der Waals surface area (Å²) in [4.78, 5) is 3.54. The second-order valence-corrected chi connectivity index (χ2v) is 7.81. The minimum Gasteiger partial charge on any atom is -0.487 e. The zero-order valence-corrected chi connectivity index (χ0v) is 16.3. The third-order valence-electron chi connectivity index (χ3n) is 3.84. The number of nitrogens with one attached hydrogen (secondary N) is 1. The van der Waals surface area contributed by atoms with Gasteiger partial charge in [0.25, 0.3) is 0 Å². The van der Waals surface area contributed by atoms with Crippen LogP contribution in [-0.2, 0) is 23.2 Å². The monoisotopic (exact) mass is 438 g/mol. The Morgan fingerprint density at radius 1 is 0.967 bits per heavy atom. The van der Waals surface area contributed by atoms with Crippen LogP contribution in [0.2, 0.25) is 0 Å². The van der Waals surface area contributed by atoms with Crippen molar-refractivity contribution in [3.05, 3.63) is 84.2 Å². The Balaban J connectivity index is 1.68. The Kier molecular flexibility index (Phi) is 6.58. The van der Waals surface area contributed by atoms with Crippen molar-refractivity contribution in [2.24, 2.45) is 0 Å². The Morgan fingerprint density at radius 3 is 2.47 bits per heavy atom. The van der Waals surface area contributed by atoms with Gasteiger partial charge in [-0.3, -0.25) is 4.98 Å². The summed E-state index contributed by atoms with van der Waals surface area (Å²) < 4.78 is 74.4. The van der Waals surface area contributed by atoms with E-state index in [1.54, 1.807) is 42.6 Å². The fourth-order valence-electron chi connectivity index (χ4n) is 2.52. The molecule has 1 N–H and O–H groups in total. The number of pyridine rings is 1. The normalized spacial score (nSPS) is 11.8. The summed E-state index contributed by atoms with van der Waals surface area (Å²) in [5.74, 6) is -0.303. The lowest BCUT2D eigenvalue weighted by Crippen LogP contribution is -2.25. The predicted octanol–water partition coefficient (Wildman–Crippen LogP) is 4.04. The molecule has 0 aliphatic heterocycles. The first-order valence-corrected chi connectivity index (χ1v) is 10.2. The number of benzene rings is 2. The van der Waals surface area contributed by atoms with Crippen LogP contribution in [0.3, 0.4) is 0 Å². The van der Waals surface area contributed by atoms with Crippen molar-refractivity contribution >= 4 is 10.0 Å². The molecular formula is C20H17F3N2O4S. The van der Waals surface area contributed by atoms with Gasteiger partial charge >= 0.3 is 6.36 Å². The van der Waals surface area contributed by atoms with Crippen molar-refractivity contribution in [1.82, 2.24) is 9.71 Å². The highest BCUT2D eigenvalue weighted by Crippen LogP contribution is 2.29. The second kappa shape index (κ2) is 9.14. The minimum absolute atomic E-state index is 0.149. The average molecular weight is 438 g/mol. The molecule has 10 heteroatoms. The molecular weight excluding hydrogens is 421 g/mol. The van der Waals surface area contributed by atoms with Crippen molar-refractivity contribution < 1.29 is 31.1 Å². The molecule has 0 atom stereocenters. The van der Waals surface area contributed by atoms with Crippen LogP contribution in [0.15, 0.2) is 77.8 Å². The van der Waals surface area contributed by atoms with E-state index < -0.39 is 27.0 Å². The Bertz CT molecular complexity index is 1090. The van der Waals surface area contributed by atoms with Crippen LogP contribution >= 0.6 is 0 Å². The molecule has 0 unspecified atom stereocenters. The molecule has 0 radical (unpaired) electrons. The maximum absolute atomic E-state index is 12.5. The fourth-order valence-corrected chi connectivity index (χ4v) is 3.67. The molecule has 0 spiro atoms. The molecule has 0 aliphatic rings. The SMILES string of the molecule is O=S(=O)(NCc1cccc(OCc2ccccn2)c1)c1ccccc1OC(F)(F)F. The maximum Gasteiger partial charge on any atom is 0.573 e. The van der Waals surface area contributed by atoms with E-state index in [1.807, 2.05) is 6.07 Å². The number of hydrogen-bond donors (Lipinski definition) is 1. The van der Waals surface area contributed by atoms with Crippen molar-refractivity contribution in [1.29, 1.82) is 0 Å². The van der Waals surface area contributed by atoms with Gasteiger partial charge in [0.05, 0.1) is 5.69 Å². The van der Waals surface area contributed by atoms with E-state index >= 15 is 0 Å². The number of para-hydroxylation sites is 1. The van der Waals surface area contributed by atoms with Gasteiger partial charge in [-0.15, -0.1) is 13.2 Å². The Hall–Kier alpha value is -3.11. The number of halogens is 3. The Labute approximate surface area is 171 Å².